The standard InChI is InChI=1S/C16H22/c1-14-8-5-6-12-16(13-7-9-14)15-10-3-2-4-11-15/h2-3,5,8,10,12,14H,4,6-7,9,11,13H2,1H3. The lowest BCUT2D eigenvalue weighted by Crippen LogP contribution is -1.95. The lowest BCUT2D eigenvalue weighted by Gasteiger charge is -2.13. The van der Waals surface area contributed by atoms with Crippen molar-refractivity contribution < 1.29 is 0 Å². The van der Waals surface area contributed by atoms with Crippen LogP contribution in [0.3, 0.4) is 0 Å². The van der Waals surface area contributed by atoms with Gasteiger partial charge in [0.1, 0.15) is 0 Å². The molecule has 0 radical (unpaired) electrons. The SMILES string of the molecule is CC1C=CCC=C(C2=CC=CCC2)CCC1. The smallest absolute Gasteiger partial charge is 0.0163 e. The summed E-state index contributed by atoms with van der Waals surface area (Å²) in [5.41, 5.74) is 3.17. The Balaban J connectivity index is 2.06. The molecule has 0 aliphatic heterocycles. The Hall–Kier alpha value is -1.04. The molecule has 0 heteroatoms. The Kier molecular flexibility index (Phi) is 4.21. The maximum atomic E-state index is 2.43. The zero-order valence-electron chi connectivity index (χ0n) is 10.3. The molecule has 0 nitrogen and oxygen atoms in total. The van der Waals surface area contributed by atoms with Gasteiger partial charge in [-0.15, -0.1) is 0 Å². The third-order valence-corrected chi connectivity index (χ3v) is 3.50. The van der Waals surface area contributed by atoms with Gasteiger partial charge in [0, 0.05) is 0 Å². The third kappa shape index (κ3) is 3.23. The van der Waals surface area contributed by atoms with Crippen molar-refractivity contribution >= 4 is 0 Å². The molecule has 0 amide bonds. The van der Waals surface area contributed by atoms with E-state index in [1.807, 2.05) is 0 Å². The van der Waals surface area contributed by atoms with Crippen LogP contribution in [0.15, 0.2) is 47.6 Å². The van der Waals surface area contributed by atoms with E-state index in [0.717, 1.165) is 12.3 Å². The van der Waals surface area contributed by atoms with E-state index in [1.165, 1.54) is 32.1 Å². The van der Waals surface area contributed by atoms with Gasteiger partial charge in [-0.2, -0.15) is 0 Å². The van der Waals surface area contributed by atoms with E-state index >= 15 is 0 Å². The molecule has 0 fully saturated rings. The first-order valence-electron chi connectivity index (χ1n) is 6.58. The molecule has 0 aromatic rings. The zero-order chi connectivity index (χ0) is 11.2. The molecule has 0 aromatic heterocycles. The van der Waals surface area contributed by atoms with Crippen LogP contribution >= 0.6 is 0 Å². The normalized spacial score (nSPS) is 26.4. The minimum atomic E-state index is 0.757. The van der Waals surface area contributed by atoms with Gasteiger partial charge < -0.3 is 0 Å². The summed E-state index contributed by atoms with van der Waals surface area (Å²) in [5, 5.41) is 0. The second kappa shape index (κ2) is 5.89. The molecule has 0 saturated heterocycles. The van der Waals surface area contributed by atoms with E-state index in [1.54, 1.807) is 11.1 Å². The van der Waals surface area contributed by atoms with Crippen molar-refractivity contribution in [3.63, 3.8) is 0 Å². The number of hydrogen-bond acceptors (Lipinski definition) is 0. The largest absolute Gasteiger partial charge is 0.0854 e. The minimum absolute atomic E-state index is 0.757. The molecule has 0 heterocycles. The molecule has 0 saturated carbocycles. The number of hydrogen-bond donors (Lipinski definition) is 0. The van der Waals surface area contributed by atoms with Crippen molar-refractivity contribution in [1.29, 1.82) is 0 Å². The summed E-state index contributed by atoms with van der Waals surface area (Å²) < 4.78 is 0. The Morgan fingerprint density at radius 2 is 2.06 bits per heavy atom. The van der Waals surface area contributed by atoms with Crippen LogP contribution in [0.5, 0.6) is 0 Å². The van der Waals surface area contributed by atoms with Crippen LogP contribution in [-0.4, -0.2) is 0 Å². The molecule has 86 valence electrons. The minimum Gasteiger partial charge on any atom is -0.0854 e. The van der Waals surface area contributed by atoms with E-state index in [9.17, 15) is 0 Å². The first-order valence-corrected chi connectivity index (χ1v) is 6.58. The molecule has 16 heavy (non-hydrogen) atoms. The van der Waals surface area contributed by atoms with Gasteiger partial charge in [-0.1, -0.05) is 43.4 Å². The Morgan fingerprint density at radius 3 is 2.88 bits per heavy atom. The Bertz CT molecular complexity index is 339. The fraction of sp³-hybridized carbons (Fsp3) is 0.500. The Labute approximate surface area is 99.4 Å². The van der Waals surface area contributed by atoms with E-state index < -0.39 is 0 Å². The highest BCUT2D eigenvalue weighted by Gasteiger charge is 2.08. The molecule has 0 aromatic carbocycles. The number of rotatable bonds is 1. The van der Waals surface area contributed by atoms with E-state index in [-0.39, 0.29) is 0 Å². The van der Waals surface area contributed by atoms with Gasteiger partial charge in [-0.05, 0) is 55.6 Å². The molecular weight excluding hydrogens is 192 g/mol. The van der Waals surface area contributed by atoms with Gasteiger partial charge in [0.15, 0.2) is 0 Å². The molecule has 0 bridgehead atoms. The molecule has 1 atom stereocenters. The van der Waals surface area contributed by atoms with E-state index in [2.05, 4.69) is 43.4 Å². The molecule has 0 spiro atoms. The maximum absolute atomic E-state index is 2.43. The fourth-order valence-corrected chi connectivity index (χ4v) is 2.50. The van der Waals surface area contributed by atoms with Crippen molar-refractivity contribution in [3.05, 3.63) is 47.6 Å². The zero-order valence-corrected chi connectivity index (χ0v) is 10.3. The predicted octanol–water partition coefficient (Wildman–Crippen LogP) is 4.96. The summed E-state index contributed by atoms with van der Waals surface area (Å²) >= 11 is 0. The van der Waals surface area contributed by atoms with Gasteiger partial charge in [0.25, 0.3) is 0 Å². The van der Waals surface area contributed by atoms with Crippen molar-refractivity contribution in [2.24, 2.45) is 5.92 Å². The molecule has 0 N–H and O–H groups in total. The Morgan fingerprint density at radius 1 is 1.12 bits per heavy atom. The molecule has 1 unspecified atom stereocenters. The average Bonchev–Trinajstić information content (AvgIpc) is 2.42. The summed E-state index contributed by atoms with van der Waals surface area (Å²) in [4.78, 5) is 0. The van der Waals surface area contributed by atoms with Gasteiger partial charge in [0.05, 0.1) is 0 Å². The first-order chi connectivity index (χ1) is 7.86. The monoisotopic (exact) mass is 214 g/mol. The predicted molar refractivity (Wildman–Crippen MR) is 71.3 cm³/mol. The molecular formula is C16H22. The average molecular weight is 214 g/mol. The second-order valence-corrected chi connectivity index (χ2v) is 4.92. The lowest BCUT2D eigenvalue weighted by molar-refractivity contribution is 0.606. The second-order valence-electron chi connectivity index (χ2n) is 4.92. The van der Waals surface area contributed by atoms with E-state index in [0.29, 0.717) is 0 Å². The van der Waals surface area contributed by atoms with Gasteiger partial charge in [-0.3, -0.25) is 0 Å². The van der Waals surface area contributed by atoms with Crippen LogP contribution < -0.4 is 0 Å². The van der Waals surface area contributed by atoms with Crippen LogP contribution in [-0.2, 0) is 0 Å². The van der Waals surface area contributed by atoms with Gasteiger partial charge >= 0.3 is 0 Å². The highest BCUT2D eigenvalue weighted by molar-refractivity contribution is 5.36. The van der Waals surface area contributed by atoms with Gasteiger partial charge in [-0.25, -0.2) is 0 Å². The fourth-order valence-electron chi connectivity index (χ4n) is 2.50. The highest BCUT2D eigenvalue weighted by atomic mass is 14.1. The summed E-state index contributed by atoms with van der Waals surface area (Å²) in [5.74, 6) is 0.757. The van der Waals surface area contributed by atoms with Crippen molar-refractivity contribution in [1.82, 2.24) is 0 Å². The molecule has 2 rings (SSSR count). The number of allylic oxidation sites excluding steroid dienone is 8. The quantitative estimate of drug-likeness (QED) is 0.541. The molecule has 2 aliphatic carbocycles. The summed E-state index contributed by atoms with van der Waals surface area (Å²) in [6.45, 7) is 2.32. The summed E-state index contributed by atoms with van der Waals surface area (Å²) in [6.07, 6.45) is 21.4. The van der Waals surface area contributed by atoms with Crippen molar-refractivity contribution in [3.8, 4) is 0 Å². The van der Waals surface area contributed by atoms with Crippen molar-refractivity contribution in [2.45, 2.75) is 45.4 Å². The van der Waals surface area contributed by atoms with E-state index in [4.69, 9.17) is 0 Å². The van der Waals surface area contributed by atoms with Crippen LogP contribution in [0.25, 0.3) is 0 Å². The first kappa shape index (κ1) is 11.4. The summed E-state index contributed by atoms with van der Waals surface area (Å²) in [6, 6.07) is 0. The van der Waals surface area contributed by atoms with Crippen LogP contribution in [0.1, 0.15) is 45.4 Å². The molecule has 2 aliphatic rings. The maximum Gasteiger partial charge on any atom is -0.0163 e. The highest BCUT2D eigenvalue weighted by Crippen LogP contribution is 2.27. The van der Waals surface area contributed by atoms with Crippen molar-refractivity contribution in [2.75, 3.05) is 0 Å². The van der Waals surface area contributed by atoms with Crippen LogP contribution in [0.2, 0.25) is 0 Å². The topological polar surface area (TPSA) is 0 Å². The van der Waals surface area contributed by atoms with Crippen LogP contribution in [0, 0.1) is 5.92 Å². The third-order valence-electron chi connectivity index (χ3n) is 3.50. The van der Waals surface area contributed by atoms with Gasteiger partial charge in [0.2, 0.25) is 0 Å². The summed E-state index contributed by atoms with van der Waals surface area (Å²) in [7, 11) is 0. The van der Waals surface area contributed by atoms with Crippen LogP contribution in [0.4, 0.5) is 0 Å². The lowest BCUT2D eigenvalue weighted by atomic mass is 9.92.